The van der Waals surface area contributed by atoms with Crippen molar-refractivity contribution in [3.8, 4) is 0 Å². The highest BCUT2D eigenvalue weighted by atomic mass is 35.5. The number of amides is 2. The standard InChI is InChI=1S/C21H19Cl2N5O3/c1-12-25-20(27-26-12)18(29)10-19(30)28(11-13-3-8-16(22)17(23)9-13)15-6-4-14(5-7-15)21(31)24-2/h3-9H,10-11H2,1-2H3,(H,24,31)(H,25,26,27). The summed E-state index contributed by atoms with van der Waals surface area (Å²) in [4.78, 5) is 42.7. The third kappa shape index (κ3) is 5.48. The minimum atomic E-state index is -0.504. The number of benzene rings is 2. The Hall–Kier alpha value is -3.23. The first-order valence-electron chi connectivity index (χ1n) is 9.27. The number of halogens is 2. The molecule has 1 heterocycles. The molecule has 0 fully saturated rings. The lowest BCUT2D eigenvalue weighted by molar-refractivity contribution is -0.117. The van der Waals surface area contributed by atoms with Crippen molar-refractivity contribution < 1.29 is 14.4 Å². The third-order valence-electron chi connectivity index (χ3n) is 4.45. The fourth-order valence-electron chi connectivity index (χ4n) is 2.86. The number of carbonyl (C=O) groups is 3. The molecule has 8 nitrogen and oxygen atoms in total. The van der Waals surface area contributed by atoms with Crippen LogP contribution in [-0.4, -0.2) is 39.8 Å². The molecular weight excluding hydrogens is 441 g/mol. The molecule has 0 aliphatic heterocycles. The summed E-state index contributed by atoms with van der Waals surface area (Å²) in [7, 11) is 1.53. The number of rotatable bonds is 7. The van der Waals surface area contributed by atoms with Crippen molar-refractivity contribution in [3.05, 3.63) is 75.3 Å². The first kappa shape index (κ1) is 22.5. The summed E-state index contributed by atoms with van der Waals surface area (Å²) in [6.07, 6.45) is -0.421. The number of anilines is 1. The first-order valence-corrected chi connectivity index (χ1v) is 10.0. The number of hydrogen-bond donors (Lipinski definition) is 2. The van der Waals surface area contributed by atoms with Crippen LogP contribution in [0.3, 0.4) is 0 Å². The van der Waals surface area contributed by atoms with E-state index in [9.17, 15) is 14.4 Å². The van der Waals surface area contributed by atoms with E-state index in [0.717, 1.165) is 5.56 Å². The molecule has 2 aromatic carbocycles. The molecule has 1 aromatic heterocycles. The van der Waals surface area contributed by atoms with Gasteiger partial charge in [-0.05, 0) is 48.9 Å². The summed E-state index contributed by atoms with van der Waals surface area (Å²) >= 11 is 12.1. The Morgan fingerprint density at radius 1 is 1.06 bits per heavy atom. The van der Waals surface area contributed by atoms with Crippen LogP contribution < -0.4 is 10.2 Å². The van der Waals surface area contributed by atoms with Crippen LogP contribution in [0.2, 0.25) is 10.0 Å². The first-order chi connectivity index (χ1) is 14.8. The Kier molecular flexibility index (Phi) is 7.04. The molecule has 0 aliphatic carbocycles. The van der Waals surface area contributed by atoms with E-state index < -0.39 is 18.1 Å². The fourth-order valence-corrected chi connectivity index (χ4v) is 3.18. The van der Waals surface area contributed by atoms with Crippen LogP contribution in [0, 0.1) is 6.92 Å². The fraction of sp³-hybridized carbons (Fsp3) is 0.190. The van der Waals surface area contributed by atoms with Gasteiger partial charge in [-0.3, -0.25) is 19.5 Å². The van der Waals surface area contributed by atoms with Crippen LogP contribution in [0.15, 0.2) is 42.5 Å². The Morgan fingerprint density at radius 2 is 1.77 bits per heavy atom. The van der Waals surface area contributed by atoms with E-state index in [-0.39, 0.29) is 18.3 Å². The topological polar surface area (TPSA) is 108 Å². The number of carbonyl (C=O) groups excluding carboxylic acids is 3. The summed E-state index contributed by atoms with van der Waals surface area (Å²) in [5.74, 6) is -0.769. The molecule has 0 bridgehead atoms. The summed E-state index contributed by atoms with van der Waals surface area (Å²) < 4.78 is 0. The van der Waals surface area contributed by atoms with E-state index in [4.69, 9.17) is 23.2 Å². The molecule has 3 rings (SSSR count). The quantitative estimate of drug-likeness (QED) is 0.414. The number of H-pyrrole nitrogens is 1. The number of nitrogens with zero attached hydrogens (tertiary/aromatic N) is 3. The Labute approximate surface area is 188 Å². The van der Waals surface area contributed by atoms with Gasteiger partial charge in [0.1, 0.15) is 5.82 Å². The van der Waals surface area contributed by atoms with Gasteiger partial charge in [0.2, 0.25) is 17.5 Å². The summed E-state index contributed by atoms with van der Waals surface area (Å²) in [5, 5.41) is 9.69. The molecule has 2 N–H and O–H groups in total. The van der Waals surface area contributed by atoms with Crippen molar-refractivity contribution in [3.63, 3.8) is 0 Å². The number of aromatic amines is 1. The highest BCUT2D eigenvalue weighted by Gasteiger charge is 2.23. The van der Waals surface area contributed by atoms with Gasteiger partial charge in [-0.2, -0.15) is 5.10 Å². The Morgan fingerprint density at radius 3 is 2.35 bits per heavy atom. The number of hydrogen-bond acceptors (Lipinski definition) is 5. The zero-order valence-corrected chi connectivity index (χ0v) is 18.3. The second-order valence-electron chi connectivity index (χ2n) is 6.70. The zero-order chi connectivity index (χ0) is 22.5. The van der Waals surface area contributed by atoms with Crippen LogP contribution in [0.25, 0.3) is 0 Å². The normalized spacial score (nSPS) is 10.6. The van der Waals surface area contributed by atoms with Crippen molar-refractivity contribution in [1.29, 1.82) is 0 Å². The van der Waals surface area contributed by atoms with Crippen LogP contribution in [-0.2, 0) is 11.3 Å². The second-order valence-corrected chi connectivity index (χ2v) is 7.51. The lowest BCUT2D eigenvalue weighted by Gasteiger charge is -2.23. The van der Waals surface area contributed by atoms with E-state index in [2.05, 4.69) is 20.5 Å². The molecule has 160 valence electrons. The Bertz CT molecular complexity index is 1130. The van der Waals surface area contributed by atoms with Crippen LogP contribution >= 0.6 is 23.2 Å². The molecule has 3 aromatic rings. The number of nitrogens with one attached hydrogen (secondary N) is 2. The van der Waals surface area contributed by atoms with Crippen molar-refractivity contribution in [2.75, 3.05) is 11.9 Å². The van der Waals surface area contributed by atoms with Crippen LogP contribution in [0.1, 0.15) is 38.8 Å². The SMILES string of the molecule is CNC(=O)c1ccc(N(Cc2ccc(Cl)c(Cl)c2)C(=O)CC(=O)c2n[nH]c(C)n2)cc1. The van der Waals surface area contributed by atoms with Crippen LogP contribution in [0.4, 0.5) is 5.69 Å². The van der Waals surface area contributed by atoms with Gasteiger partial charge in [-0.25, -0.2) is 4.98 Å². The lowest BCUT2D eigenvalue weighted by Crippen LogP contribution is -2.32. The Balaban J connectivity index is 1.89. The van der Waals surface area contributed by atoms with Gasteiger partial charge >= 0.3 is 0 Å². The molecule has 0 saturated heterocycles. The molecule has 10 heteroatoms. The molecule has 0 aliphatic rings. The smallest absolute Gasteiger partial charge is 0.251 e. The maximum atomic E-state index is 13.1. The minimum Gasteiger partial charge on any atom is -0.355 e. The maximum Gasteiger partial charge on any atom is 0.251 e. The molecule has 0 unspecified atom stereocenters. The predicted octanol–water partition coefficient (Wildman–Crippen LogP) is 3.59. The number of aryl methyl sites for hydroxylation is 1. The van der Waals surface area contributed by atoms with Crippen molar-refractivity contribution in [1.82, 2.24) is 20.5 Å². The molecule has 0 spiro atoms. The molecule has 0 saturated carbocycles. The second kappa shape index (κ2) is 9.72. The molecular formula is C21H19Cl2N5O3. The van der Waals surface area contributed by atoms with Gasteiger partial charge in [0.15, 0.2) is 0 Å². The number of Topliss-reactive ketones (excluding diaryl/α,β-unsaturated/α-hetero) is 1. The summed E-state index contributed by atoms with van der Waals surface area (Å²) in [6.45, 7) is 1.81. The zero-order valence-electron chi connectivity index (χ0n) is 16.8. The molecule has 0 atom stereocenters. The highest BCUT2D eigenvalue weighted by Crippen LogP contribution is 2.25. The van der Waals surface area contributed by atoms with Crippen molar-refractivity contribution in [2.45, 2.75) is 19.9 Å². The summed E-state index contributed by atoms with van der Waals surface area (Å²) in [6, 6.07) is 11.5. The van der Waals surface area contributed by atoms with Crippen molar-refractivity contribution >= 4 is 46.5 Å². The van der Waals surface area contributed by atoms with Gasteiger partial charge < -0.3 is 10.2 Å². The monoisotopic (exact) mass is 459 g/mol. The predicted molar refractivity (Wildman–Crippen MR) is 118 cm³/mol. The van der Waals surface area contributed by atoms with Gasteiger partial charge in [0.05, 0.1) is 23.0 Å². The number of aromatic nitrogens is 3. The van der Waals surface area contributed by atoms with E-state index in [1.165, 1.54) is 11.9 Å². The average molecular weight is 460 g/mol. The van der Waals surface area contributed by atoms with Crippen LogP contribution in [0.5, 0.6) is 0 Å². The largest absolute Gasteiger partial charge is 0.355 e. The van der Waals surface area contributed by atoms with E-state index in [1.807, 2.05) is 0 Å². The van der Waals surface area contributed by atoms with Gasteiger partial charge in [-0.15, -0.1) is 0 Å². The van der Waals surface area contributed by atoms with Gasteiger partial charge in [-0.1, -0.05) is 29.3 Å². The van der Waals surface area contributed by atoms with Gasteiger partial charge in [0.25, 0.3) is 5.91 Å². The minimum absolute atomic E-state index is 0.0460. The maximum absolute atomic E-state index is 13.1. The lowest BCUT2D eigenvalue weighted by atomic mass is 10.1. The van der Waals surface area contributed by atoms with E-state index in [0.29, 0.717) is 27.1 Å². The average Bonchev–Trinajstić information content (AvgIpc) is 3.20. The highest BCUT2D eigenvalue weighted by molar-refractivity contribution is 6.42. The van der Waals surface area contributed by atoms with E-state index in [1.54, 1.807) is 49.4 Å². The van der Waals surface area contributed by atoms with Gasteiger partial charge in [0, 0.05) is 18.3 Å². The molecule has 0 radical (unpaired) electrons. The summed E-state index contributed by atoms with van der Waals surface area (Å²) in [5.41, 5.74) is 1.68. The van der Waals surface area contributed by atoms with Crippen molar-refractivity contribution in [2.24, 2.45) is 0 Å². The third-order valence-corrected chi connectivity index (χ3v) is 5.19. The number of ketones is 1. The molecule has 31 heavy (non-hydrogen) atoms. The molecule has 2 amide bonds. The van der Waals surface area contributed by atoms with E-state index >= 15 is 0 Å².